The van der Waals surface area contributed by atoms with Crippen LogP contribution in [0.15, 0.2) is 0 Å². The maximum absolute atomic E-state index is 8.23. The lowest BCUT2D eigenvalue weighted by Crippen LogP contribution is -2.33. The van der Waals surface area contributed by atoms with Crippen LogP contribution in [0, 0.1) is 5.92 Å². The first kappa shape index (κ1) is 8.89. The summed E-state index contributed by atoms with van der Waals surface area (Å²) in [5.74, 6) is 0.394. The first-order valence-corrected chi connectivity index (χ1v) is 3.80. The molecule has 5 nitrogen and oxygen atoms in total. The number of hydrogen-bond donors (Lipinski definition) is 3. The SMILES string of the molecule is ON(O)OCC1CCCNC1. The van der Waals surface area contributed by atoms with Crippen molar-refractivity contribution in [1.82, 2.24) is 10.7 Å². The summed E-state index contributed by atoms with van der Waals surface area (Å²) in [6.45, 7) is 2.31. The van der Waals surface area contributed by atoms with Crippen LogP contribution < -0.4 is 5.32 Å². The van der Waals surface area contributed by atoms with Gasteiger partial charge >= 0.3 is 0 Å². The third-order valence-electron chi connectivity index (χ3n) is 1.82. The van der Waals surface area contributed by atoms with Crippen molar-refractivity contribution in [1.29, 1.82) is 0 Å². The van der Waals surface area contributed by atoms with Crippen molar-refractivity contribution in [3.05, 3.63) is 0 Å². The molecule has 1 saturated heterocycles. The molecule has 1 heterocycles. The van der Waals surface area contributed by atoms with Gasteiger partial charge in [-0.1, -0.05) is 0 Å². The number of nitrogens with zero attached hydrogens (tertiary/aromatic N) is 1. The molecule has 0 aromatic heterocycles. The second-order valence-corrected chi connectivity index (χ2v) is 2.76. The Morgan fingerprint density at radius 3 is 2.91 bits per heavy atom. The van der Waals surface area contributed by atoms with Gasteiger partial charge in [0.2, 0.25) is 0 Å². The predicted molar refractivity (Wildman–Crippen MR) is 37.0 cm³/mol. The topological polar surface area (TPSA) is 65.0 Å². The second kappa shape index (κ2) is 4.63. The summed E-state index contributed by atoms with van der Waals surface area (Å²) >= 11 is 0. The van der Waals surface area contributed by atoms with Crippen LogP contribution in [0.3, 0.4) is 0 Å². The van der Waals surface area contributed by atoms with Crippen molar-refractivity contribution in [3.8, 4) is 0 Å². The van der Waals surface area contributed by atoms with Gasteiger partial charge in [0.25, 0.3) is 0 Å². The molecule has 1 aliphatic rings. The van der Waals surface area contributed by atoms with Crippen LogP contribution >= 0.6 is 0 Å². The maximum Gasteiger partial charge on any atom is 0.0776 e. The lowest BCUT2D eigenvalue weighted by atomic mass is 10.0. The molecule has 0 amide bonds. The van der Waals surface area contributed by atoms with Gasteiger partial charge in [0.05, 0.1) is 12.0 Å². The fourth-order valence-corrected chi connectivity index (χ4v) is 1.24. The van der Waals surface area contributed by atoms with E-state index in [1.807, 2.05) is 0 Å². The van der Waals surface area contributed by atoms with Crippen molar-refractivity contribution in [2.75, 3.05) is 19.7 Å². The highest BCUT2D eigenvalue weighted by atomic mass is 17.1. The third-order valence-corrected chi connectivity index (χ3v) is 1.82. The zero-order valence-electron chi connectivity index (χ0n) is 6.36. The Bertz CT molecular complexity index is 104. The van der Waals surface area contributed by atoms with E-state index in [4.69, 9.17) is 10.4 Å². The van der Waals surface area contributed by atoms with Gasteiger partial charge in [-0.15, -0.1) is 0 Å². The van der Waals surface area contributed by atoms with Crippen molar-refractivity contribution in [2.45, 2.75) is 12.8 Å². The summed E-state index contributed by atoms with van der Waals surface area (Å²) in [5.41, 5.74) is 0. The molecule has 0 aromatic carbocycles. The smallest absolute Gasteiger partial charge is 0.0776 e. The minimum Gasteiger partial charge on any atom is -0.316 e. The van der Waals surface area contributed by atoms with Crippen LogP contribution in [0.4, 0.5) is 0 Å². The van der Waals surface area contributed by atoms with Gasteiger partial charge in [0, 0.05) is 6.54 Å². The number of hydrogen-bond acceptors (Lipinski definition) is 5. The Morgan fingerprint density at radius 2 is 2.36 bits per heavy atom. The monoisotopic (exact) mass is 162 g/mol. The fraction of sp³-hybridized carbons (Fsp3) is 1.00. The average molecular weight is 162 g/mol. The Balaban J connectivity index is 2.05. The summed E-state index contributed by atoms with van der Waals surface area (Å²) in [6.07, 6.45) is 2.21. The van der Waals surface area contributed by atoms with E-state index in [0.29, 0.717) is 12.5 Å². The first-order chi connectivity index (χ1) is 5.29. The lowest BCUT2D eigenvalue weighted by molar-refractivity contribution is -0.494. The Labute approximate surface area is 65.4 Å². The average Bonchev–Trinajstić information content (AvgIpc) is 2.03. The summed E-state index contributed by atoms with van der Waals surface area (Å²) in [5, 5.41) is 19.4. The molecular formula is C6H14N2O3. The summed E-state index contributed by atoms with van der Waals surface area (Å²) in [4.78, 5) is 4.49. The molecule has 1 atom stereocenters. The van der Waals surface area contributed by atoms with E-state index in [2.05, 4.69) is 10.2 Å². The molecule has 11 heavy (non-hydrogen) atoms. The molecule has 1 rings (SSSR count). The van der Waals surface area contributed by atoms with Crippen LogP contribution in [-0.2, 0) is 4.84 Å². The largest absolute Gasteiger partial charge is 0.316 e. The zero-order chi connectivity index (χ0) is 8.10. The quantitative estimate of drug-likeness (QED) is 0.510. The normalized spacial score (nSPS) is 25.9. The van der Waals surface area contributed by atoms with Gasteiger partial charge in [0.15, 0.2) is 0 Å². The van der Waals surface area contributed by atoms with Gasteiger partial charge in [-0.25, -0.2) is 0 Å². The van der Waals surface area contributed by atoms with E-state index in [0.717, 1.165) is 25.9 Å². The highest BCUT2D eigenvalue weighted by molar-refractivity contribution is 4.67. The number of piperidine rings is 1. The molecule has 0 spiro atoms. The minimum absolute atomic E-state index is 0.228. The van der Waals surface area contributed by atoms with Gasteiger partial charge < -0.3 is 5.32 Å². The molecule has 0 saturated carbocycles. The van der Waals surface area contributed by atoms with E-state index in [9.17, 15) is 0 Å². The molecule has 3 N–H and O–H groups in total. The van der Waals surface area contributed by atoms with Gasteiger partial charge in [-0.2, -0.15) is 0 Å². The molecule has 5 heteroatoms. The van der Waals surface area contributed by atoms with Crippen LogP contribution in [0.2, 0.25) is 0 Å². The van der Waals surface area contributed by atoms with Crippen molar-refractivity contribution < 1.29 is 15.3 Å². The molecule has 0 bridgehead atoms. The van der Waals surface area contributed by atoms with Gasteiger partial charge in [0.1, 0.15) is 0 Å². The van der Waals surface area contributed by atoms with E-state index in [1.165, 1.54) is 0 Å². The van der Waals surface area contributed by atoms with Crippen LogP contribution in [0.1, 0.15) is 12.8 Å². The van der Waals surface area contributed by atoms with E-state index in [1.54, 1.807) is 0 Å². The molecule has 1 unspecified atom stereocenters. The number of rotatable bonds is 3. The maximum atomic E-state index is 8.23. The molecule has 0 aliphatic carbocycles. The van der Waals surface area contributed by atoms with Crippen LogP contribution in [0.25, 0.3) is 0 Å². The fourth-order valence-electron chi connectivity index (χ4n) is 1.24. The summed E-state index contributed by atoms with van der Waals surface area (Å²) < 4.78 is 0. The Hall–Kier alpha value is -0.200. The first-order valence-electron chi connectivity index (χ1n) is 3.80. The zero-order valence-corrected chi connectivity index (χ0v) is 6.36. The molecular weight excluding hydrogens is 148 g/mol. The minimum atomic E-state index is -0.228. The van der Waals surface area contributed by atoms with Crippen molar-refractivity contribution in [3.63, 3.8) is 0 Å². The Kier molecular flexibility index (Phi) is 3.74. The third kappa shape index (κ3) is 3.64. The van der Waals surface area contributed by atoms with Crippen LogP contribution in [-0.4, -0.2) is 35.5 Å². The number of nitrogens with one attached hydrogen (secondary N) is 1. The molecule has 0 radical (unpaired) electrons. The van der Waals surface area contributed by atoms with Crippen molar-refractivity contribution >= 4 is 0 Å². The van der Waals surface area contributed by atoms with E-state index >= 15 is 0 Å². The van der Waals surface area contributed by atoms with Gasteiger partial charge in [-0.05, 0) is 25.3 Å². The van der Waals surface area contributed by atoms with E-state index < -0.39 is 0 Å². The highest BCUT2D eigenvalue weighted by Gasteiger charge is 2.13. The summed E-state index contributed by atoms with van der Waals surface area (Å²) in [6, 6.07) is 0. The molecule has 0 aromatic rings. The predicted octanol–water partition coefficient (Wildman–Crippen LogP) is -0.00200. The highest BCUT2D eigenvalue weighted by Crippen LogP contribution is 2.09. The summed E-state index contributed by atoms with van der Waals surface area (Å²) in [7, 11) is 0. The Morgan fingerprint density at radius 1 is 1.55 bits per heavy atom. The second-order valence-electron chi connectivity index (χ2n) is 2.76. The lowest BCUT2D eigenvalue weighted by Gasteiger charge is -2.22. The van der Waals surface area contributed by atoms with Crippen LogP contribution in [0.5, 0.6) is 0 Å². The van der Waals surface area contributed by atoms with E-state index in [-0.39, 0.29) is 5.39 Å². The van der Waals surface area contributed by atoms with Crippen molar-refractivity contribution in [2.24, 2.45) is 5.92 Å². The molecule has 66 valence electrons. The molecule has 1 aliphatic heterocycles. The standard InChI is InChI=1S/C6H14N2O3/c9-8(10)11-5-6-2-1-3-7-4-6/h6-7,9-10H,1-5H2. The molecule has 1 fully saturated rings. The van der Waals surface area contributed by atoms with Gasteiger partial charge in [-0.3, -0.25) is 15.3 Å².